The molecule has 2 rings (SSSR count). The number of nitro benzene ring substituents is 1. The average Bonchev–Trinajstić information content (AvgIpc) is 2.55. The van der Waals surface area contributed by atoms with Crippen LogP contribution in [0.5, 0.6) is 5.75 Å². The van der Waals surface area contributed by atoms with Crippen LogP contribution in [-0.4, -0.2) is 23.7 Å². The van der Waals surface area contributed by atoms with E-state index in [0.717, 1.165) is 4.47 Å². The van der Waals surface area contributed by atoms with Gasteiger partial charge < -0.3 is 4.74 Å². The van der Waals surface area contributed by atoms with Crippen LogP contribution in [0.4, 0.5) is 5.69 Å². The summed E-state index contributed by atoms with van der Waals surface area (Å²) in [5.74, 6) is 0.384. The van der Waals surface area contributed by atoms with Crippen molar-refractivity contribution in [3.05, 3.63) is 68.7 Å². The van der Waals surface area contributed by atoms with E-state index in [1.165, 1.54) is 18.3 Å². The van der Waals surface area contributed by atoms with Gasteiger partial charge >= 0.3 is 0 Å². The number of carbonyl (C=O) groups excluding carboxylic acids is 1. The molecule has 24 heavy (non-hydrogen) atoms. The molecule has 1 amide bonds. The van der Waals surface area contributed by atoms with Crippen LogP contribution in [0.15, 0.2) is 58.1 Å². The van der Waals surface area contributed by atoms with Crippen molar-refractivity contribution in [3.8, 4) is 5.75 Å². The third-order valence-electron chi connectivity index (χ3n) is 2.90. The Bertz CT molecular complexity index is 747. The molecule has 124 valence electrons. The molecule has 0 heterocycles. The number of carbonyl (C=O) groups is 1. The maximum absolute atomic E-state index is 11.6. The van der Waals surface area contributed by atoms with Crippen LogP contribution in [0.1, 0.15) is 12.0 Å². The maximum Gasteiger partial charge on any atom is 0.269 e. The van der Waals surface area contributed by atoms with Crippen molar-refractivity contribution >= 4 is 33.7 Å². The standard InChI is InChI=1S/C16H14BrN3O4/c17-13-2-1-3-15(10-13)24-9-8-16(21)19-18-11-12-4-6-14(7-5-12)20(22)23/h1-7,10-11H,8-9H2,(H,19,21)/b18-11-. The quantitative estimate of drug-likeness (QED) is 0.445. The van der Waals surface area contributed by atoms with Crippen molar-refractivity contribution < 1.29 is 14.5 Å². The number of hydrogen-bond acceptors (Lipinski definition) is 5. The third kappa shape index (κ3) is 5.81. The van der Waals surface area contributed by atoms with Gasteiger partial charge in [0.1, 0.15) is 5.75 Å². The summed E-state index contributed by atoms with van der Waals surface area (Å²) in [4.78, 5) is 21.7. The van der Waals surface area contributed by atoms with E-state index < -0.39 is 4.92 Å². The first-order valence-corrected chi connectivity index (χ1v) is 7.78. The lowest BCUT2D eigenvalue weighted by atomic mass is 10.2. The Labute approximate surface area is 146 Å². The fourth-order valence-electron chi connectivity index (χ4n) is 1.74. The van der Waals surface area contributed by atoms with Crippen LogP contribution in [-0.2, 0) is 4.79 Å². The molecule has 0 aliphatic carbocycles. The predicted octanol–water partition coefficient (Wildman–Crippen LogP) is 3.28. The zero-order chi connectivity index (χ0) is 17.4. The molecular weight excluding hydrogens is 378 g/mol. The van der Waals surface area contributed by atoms with Crippen molar-refractivity contribution in [2.75, 3.05) is 6.61 Å². The molecule has 0 aliphatic rings. The van der Waals surface area contributed by atoms with Gasteiger partial charge in [-0.05, 0) is 35.9 Å². The second-order valence-electron chi connectivity index (χ2n) is 4.70. The minimum absolute atomic E-state index is 0.000818. The van der Waals surface area contributed by atoms with Gasteiger partial charge in [0.25, 0.3) is 5.69 Å². The smallest absolute Gasteiger partial charge is 0.269 e. The molecule has 0 fully saturated rings. The number of nitro groups is 1. The van der Waals surface area contributed by atoms with Crippen LogP contribution in [0.25, 0.3) is 0 Å². The summed E-state index contributed by atoms with van der Waals surface area (Å²) < 4.78 is 6.35. The average molecular weight is 392 g/mol. The van der Waals surface area contributed by atoms with E-state index in [-0.39, 0.29) is 24.6 Å². The minimum Gasteiger partial charge on any atom is -0.493 e. The number of hydrogen-bond donors (Lipinski definition) is 1. The van der Waals surface area contributed by atoms with Crippen LogP contribution in [0, 0.1) is 10.1 Å². The molecule has 0 saturated heterocycles. The summed E-state index contributed by atoms with van der Waals surface area (Å²) in [6.07, 6.45) is 1.57. The Morgan fingerprint density at radius 1 is 1.29 bits per heavy atom. The summed E-state index contributed by atoms with van der Waals surface area (Å²) in [6, 6.07) is 13.2. The van der Waals surface area contributed by atoms with Crippen LogP contribution in [0.2, 0.25) is 0 Å². The topological polar surface area (TPSA) is 93.8 Å². The monoisotopic (exact) mass is 391 g/mol. The highest BCUT2D eigenvalue weighted by atomic mass is 79.9. The number of nitrogens with zero attached hydrogens (tertiary/aromatic N) is 2. The lowest BCUT2D eigenvalue weighted by molar-refractivity contribution is -0.384. The first-order valence-electron chi connectivity index (χ1n) is 6.99. The number of hydrazone groups is 1. The van der Waals surface area contributed by atoms with Gasteiger partial charge in [-0.25, -0.2) is 5.43 Å². The van der Waals surface area contributed by atoms with Crippen molar-refractivity contribution in [1.29, 1.82) is 0 Å². The molecule has 7 nitrogen and oxygen atoms in total. The van der Waals surface area contributed by atoms with Crippen molar-refractivity contribution in [2.45, 2.75) is 6.42 Å². The van der Waals surface area contributed by atoms with E-state index >= 15 is 0 Å². The number of amides is 1. The number of non-ortho nitro benzene ring substituents is 1. The van der Waals surface area contributed by atoms with Gasteiger partial charge in [0, 0.05) is 16.6 Å². The van der Waals surface area contributed by atoms with Gasteiger partial charge in [-0.2, -0.15) is 5.10 Å². The molecule has 2 aromatic rings. The molecule has 2 aromatic carbocycles. The van der Waals surface area contributed by atoms with Gasteiger partial charge in [-0.1, -0.05) is 22.0 Å². The van der Waals surface area contributed by atoms with Crippen molar-refractivity contribution in [2.24, 2.45) is 5.10 Å². The van der Waals surface area contributed by atoms with Gasteiger partial charge in [0.15, 0.2) is 0 Å². The largest absolute Gasteiger partial charge is 0.493 e. The van der Waals surface area contributed by atoms with Gasteiger partial charge in [0.05, 0.1) is 24.2 Å². The van der Waals surface area contributed by atoms with E-state index in [2.05, 4.69) is 26.5 Å². The number of nitrogens with one attached hydrogen (secondary N) is 1. The lowest BCUT2D eigenvalue weighted by Crippen LogP contribution is -2.19. The first kappa shape index (κ1) is 17.6. The Morgan fingerprint density at radius 3 is 2.71 bits per heavy atom. The van der Waals surface area contributed by atoms with Gasteiger partial charge in [-0.15, -0.1) is 0 Å². The highest BCUT2D eigenvalue weighted by Crippen LogP contribution is 2.17. The van der Waals surface area contributed by atoms with E-state index in [1.807, 2.05) is 18.2 Å². The Kier molecular flexibility index (Phi) is 6.44. The normalized spacial score (nSPS) is 10.5. The molecule has 0 spiro atoms. The number of rotatable bonds is 7. The third-order valence-corrected chi connectivity index (χ3v) is 3.39. The zero-order valence-electron chi connectivity index (χ0n) is 12.5. The maximum atomic E-state index is 11.6. The predicted molar refractivity (Wildman–Crippen MR) is 93.1 cm³/mol. The highest BCUT2D eigenvalue weighted by Gasteiger charge is 2.03. The van der Waals surface area contributed by atoms with Crippen LogP contribution in [0.3, 0.4) is 0 Å². The van der Waals surface area contributed by atoms with E-state index in [9.17, 15) is 14.9 Å². The SMILES string of the molecule is O=C(CCOc1cccc(Br)c1)N/N=C\c1ccc([N+](=O)[O-])cc1. The van der Waals surface area contributed by atoms with Crippen LogP contribution >= 0.6 is 15.9 Å². The molecule has 0 unspecified atom stereocenters. The zero-order valence-corrected chi connectivity index (χ0v) is 14.1. The summed E-state index contributed by atoms with van der Waals surface area (Å²) in [6.45, 7) is 0.231. The minimum atomic E-state index is -0.478. The fourth-order valence-corrected chi connectivity index (χ4v) is 2.11. The molecule has 0 bridgehead atoms. The second-order valence-corrected chi connectivity index (χ2v) is 5.61. The van der Waals surface area contributed by atoms with Crippen LogP contribution < -0.4 is 10.2 Å². The molecule has 0 atom stereocenters. The van der Waals surface area contributed by atoms with Gasteiger partial charge in [0.2, 0.25) is 5.91 Å². The molecule has 1 N–H and O–H groups in total. The molecule has 0 radical (unpaired) electrons. The Balaban J connectivity index is 1.73. The second kappa shape index (κ2) is 8.78. The molecule has 0 saturated carbocycles. The van der Waals surface area contributed by atoms with Crippen molar-refractivity contribution in [3.63, 3.8) is 0 Å². The number of benzene rings is 2. The van der Waals surface area contributed by atoms with Gasteiger partial charge in [-0.3, -0.25) is 14.9 Å². The first-order chi connectivity index (χ1) is 11.5. The van der Waals surface area contributed by atoms with Crippen molar-refractivity contribution in [1.82, 2.24) is 5.43 Å². The molecular formula is C16H14BrN3O4. The lowest BCUT2D eigenvalue weighted by Gasteiger charge is -2.05. The highest BCUT2D eigenvalue weighted by molar-refractivity contribution is 9.10. The summed E-state index contributed by atoms with van der Waals surface area (Å²) in [7, 11) is 0. The van der Waals surface area contributed by atoms with E-state index in [1.54, 1.807) is 18.2 Å². The summed E-state index contributed by atoms with van der Waals surface area (Å²) in [5, 5.41) is 14.3. The van der Waals surface area contributed by atoms with E-state index in [0.29, 0.717) is 11.3 Å². The number of ether oxygens (including phenoxy) is 1. The fraction of sp³-hybridized carbons (Fsp3) is 0.125. The van der Waals surface area contributed by atoms with E-state index in [4.69, 9.17) is 4.74 Å². The Hall–Kier alpha value is -2.74. The number of halogens is 1. The molecule has 0 aliphatic heterocycles. The Morgan fingerprint density at radius 2 is 2.04 bits per heavy atom. The molecule has 0 aromatic heterocycles. The summed E-state index contributed by atoms with van der Waals surface area (Å²) in [5.41, 5.74) is 3.02. The summed E-state index contributed by atoms with van der Waals surface area (Å²) >= 11 is 3.34. The molecule has 8 heteroatoms.